The van der Waals surface area contributed by atoms with Crippen molar-refractivity contribution in [2.75, 3.05) is 21.3 Å². The first-order valence-corrected chi connectivity index (χ1v) is 13.2. The van der Waals surface area contributed by atoms with Crippen molar-refractivity contribution in [2.24, 2.45) is 0 Å². The van der Waals surface area contributed by atoms with Gasteiger partial charge in [0.1, 0.15) is 6.04 Å². The molecule has 4 aromatic carbocycles. The number of hydrogen-bond donors (Lipinski definition) is 1. The maximum atomic E-state index is 13.1. The van der Waals surface area contributed by atoms with Crippen LogP contribution in [-0.2, 0) is 35.7 Å². The summed E-state index contributed by atoms with van der Waals surface area (Å²) in [5.74, 6) is -0.943. The maximum absolute atomic E-state index is 13.1. The largest absolute Gasteiger partial charge is 0.467 e. The molecule has 7 nitrogen and oxygen atoms in total. The van der Waals surface area contributed by atoms with Crippen molar-refractivity contribution in [3.05, 3.63) is 95.6 Å². The molecule has 0 saturated heterocycles. The lowest BCUT2D eigenvalue weighted by Crippen LogP contribution is -2.43. The van der Waals surface area contributed by atoms with E-state index in [2.05, 4.69) is 11.4 Å². The lowest BCUT2D eigenvalue weighted by atomic mass is 9.92. The molecule has 0 saturated carbocycles. The van der Waals surface area contributed by atoms with Gasteiger partial charge in [-0.05, 0) is 50.9 Å². The Bertz CT molecular complexity index is 1390. The number of carbonyl (C=O) groups excluding carboxylic acids is 2. The highest BCUT2D eigenvalue weighted by Gasteiger charge is 2.25. The van der Waals surface area contributed by atoms with Gasteiger partial charge in [0.2, 0.25) is 0 Å². The Balaban J connectivity index is 1.61. The summed E-state index contributed by atoms with van der Waals surface area (Å²) in [4.78, 5) is 25.8. The van der Waals surface area contributed by atoms with Crippen LogP contribution in [0.3, 0.4) is 0 Å². The molecule has 0 aliphatic heterocycles. The van der Waals surface area contributed by atoms with Gasteiger partial charge < -0.3 is 19.1 Å². The van der Waals surface area contributed by atoms with E-state index in [1.807, 2.05) is 48.5 Å². The molecule has 36 heavy (non-hydrogen) atoms. The molecule has 0 aliphatic carbocycles. The van der Waals surface area contributed by atoms with Gasteiger partial charge in [0.15, 0.2) is 0 Å². The fourth-order valence-electron chi connectivity index (χ4n) is 4.30. The standard InChI is InChI=1S/C28H28NO6P/c1-33-28(31)26(29-27(30)20-14-12-19(13-15-20)18-36(32,34-2)35-3)17-25-23-10-6-4-8-21(23)16-22-9-5-7-11-24(22)25/h4-16,26H,17-18H2,1-3H3,(H,29,30)/t26-/m0/s1. The van der Waals surface area contributed by atoms with Crippen LogP contribution in [0.4, 0.5) is 0 Å². The van der Waals surface area contributed by atoms with Gasteiger partial charge in [-0.3, -0.25) is 9.36 Å². The molecule has 0 spiro atoms. The average Bonchev–Trinajstić information content (AvgIpc) is 2.92. The van der Waals surface area contributed by atoms with Gasteiger partial charge in [-0.25, -0.2) is 4.79 Å². The van der Waals surface area contributed by atoms with E-state index in [0.29, 0.717) is 11.1 Å². The monoisotopic (exact) mass is 505 g/mol. The highest BCUT2D eigenvalue weighted by molar-refractivity contribution is 7.52. The van der Waals surface area contributed by atoms with Gasteiger partial charge in [-0.15, -0.1) is 0 Å². The maximum Gasteiger partial charge on any atom is 0.334 e. The topological polar surface area (TPSA) is 90.9 Å². The Labute approximate surface area is 209 Å². The van der Waals surface area contributed by atoms with Crippen LogP contribution in [0.5, 0.6) is 0 Å². The minimum Gasteiger partial charge on any atom is -0.467 e. The number of rotatable bonds is 9. The predicted octanol–water partition coefficient (Wildman–Crippen LogP) is 5.49. The summed E-state index contributed by atoms with van der Waals surface area (Å²) in [5, 5.41) is 6.98. The summed E-state index contributed by atoms with van der Waals surface area (Å²) in [6.45, 7) is 0. The van der Waals surface area contributed by atoms with Crippen LogP contribution in [-0.4, -0.2) is 39.2 Å². The van der Waals surface area contributed by atoms with E-state index in [0.717, 1.165) is 27.1 Å². The summed E-state index contributed by atoms with van der Waals surface area (Å²) in [5.41, 5.74) is 2.02. The second-order valence-corrected chi connectivity index (χ2v) is 10.7. The predicted molar refractivity (Wildman–Crippen MR) is 140 cm³/mol. The number of amides is 1. The Morgan fingerprint density at radius 3 is 1.92 bits per heavy atom. The Hall–Kier alpha value is -3.51. The molecule has 0 heterocycles. The van der Waals surface area contributed by atoms with E-state index in [1.165, 1.54) is 21.3 Å². The number of nitrogens with one attached hydrogen (secondary N) is 1. The molecule has 1 atom stereocenters. The Kier molecular flexibility index (Phi) is 7.85. The molecule has 186 valence electrons. The molecule has 1 N–H and O–H groups in total. The normalized spacial score (nSPS) is 12.4. The zero-order chi connectivity index (χ0) is 25.7. The van der Waals surface area contributed by atoms with Gasteiger partial charge in [-0.2, -0.15) is 0 Å². The van der Waals surface area contributed by atoms with Gasteiger partial charge in [0.05, 0.1) is 13.3 Å². The average molecular weight is 506 g/mol. The SMILES string of the molecule is COC(=O)[C@H](Cc1c2ccccc2cc2ccccc12)NC(=O)c1ccc(CP(=O)(OC)OC)cc1. The quantitative estimate of drug-likeness (QED) is 0.184. The highest BCUT2D eigenvalue weighted by Crippen LogP contribution is 2.49. The van der Waals surface area contributed by atoms with Crippen molar-refractivity contribution in [3.8, 4) is 0 Å². The molecular formula is C28H28NO6P. The van der Waals surface area contributed by atoms with Crippen LogP contribution in [0.25, 0.3) is 21.5 Å². The molecule has 4 aromatic rings. The van der Waals surface area contributed by atoms with Crippen LogP contribution in [0.15, 0.2) is 78.9 Å². The molecule has 4 rings (SSSR count). The fraction of sp³-hybridized carbons (Fsp3) is 0.214. The third-order valence-corrected chi connectivity index (χ3v) is 8.10. The smallest absolute Gasteiger partial charge is 0.334 e. The second-order valence-electron chi connectivity index (χ2n) is 8.38. The molecule has 0 aliphatic rings. The first-order valence-electron chi connectivity index (χ1n) is 11.4. The number of methoxy groups -OCH3 is 1. The van der Waals surface area contributed by atoms with E-state index in [-0.39, 0.29) is 12.6 Å². The van der Waals surface area contributed by atoms with E-state index < -0.39 is 25.5 Å². The van der Waals surface area contributed by atoms with Gasteiger partial charge in [0.25, 0.3) is 5.91 Å². The van der Waals surface area contributed by atoms with Gasteiger partial charge in [-0.1, -0.05) is 60.7 Å². The molecule has 0 aromatic heterocycles. The van der Waals surface area contributed by atoms with Crippen molar-refractivity contribution < 1.29 is 27.9 Å². The van der Waals surface area contributed by atoms with Crippen LogP contribution in [0.2, 0.25) is 0 Å². The van der Waals surface area contributed by atoms with Crippen LogP contribution in [0, 0.1) is 0 Å². The second kappa shape index (κ2) is 11.0. The minimum absolute atomic E-state index is 0.0842. The zero-order valence-corrected chi connectivity index (χ0v) is 21.3. The van der Waals surface area contributed by atoms with E-state index >= 15 is 0 Å². The van der Waals surface area contributed by atoms with Crippen LogP contribution < -0.4 is 5.32 Å². The first kappa shape index (κ1) is 25.6. The summed E-state index contributed by atoms with van der Waals surface area (Å²) < 4.78 is 27.4. The molecule has 1 amide bonds. The summed E-state index contributed by atoms with van der Waals surface area (Å²) >= 11 is 0. The van der Waals surface area contributed by atoms with E-state index in [1.54, 1.807) is 24.3 Å². The number of ether oxygens (including phenoxy) is 1. The molecule has 0 bridgehead atoms. The fourth-order valence-corrected chi connectivity index (χ4v) is 5.36. The molecular weight excluding hydrogens is 477 g/mol. The minimum atomic E-state index is -3.22. The molecule has 0 unspecified atom stereocenters. The molecule has 0 radical (unpaired) electrons. The summed E-state index contributed by atoms with van der Waals surface area (Å²) in [7, 11) is 0.747. The van der Waals surface area contributed by atoms with E-state index in [9.17, 15) is 14.2 Å². The van der Waals surface area contributed by atoms with Gasteiger partial charge >= 0.3 is 13.6 Å². The van der Waals surface area contributed by atoms with Crippen molar-refractivity contribution >= 4 is 41.0 Å². The van der Waals surface area contributed by atoms with Crippen molar-refractivity contribution in [2.45, 2.75) is 18.6 Å². The van der Waals surface area contributed by atoms with Crippen molar-refractivity contribution in [1.82, 2.24) is 5.32 Å². The molecule has 0 fully saturated rings. The number of benzene rings is 4. The van der Waals surface area contributed by atoms with Crippen molar-refractivity contribution in [3.63, 3.8) is 0 Å². The summed E-state index contributed by atoms with van der Waals surface area (Å²) in [6.07, 6.45) is 0.351. The zero-order valence-electron chi connectivity index (χ0n) is 20.4. The number of esters is 1. The van der Waals surface area contributed by atoms with Crippen LogP contribution >= 0.6 is 7.60 Å². The number of carbonyl (C=O) groups is 2. The highest BCUT2D eigenvalue weighted by atomic mass is 31.2. The third kappa shape index (κ3) is 5.49. The summed E-state index contributed by atoms with van der Waals surface area (Å²) in [6, 6.07) is 23.8. The first-order chi connectivity index (χ1) is 17.4. The van der Waals surface area contributed by atoms with Gasteiger partial charge in [0, 0.05) is 26.2 Å². The third-order valence-electron chi connectivity index (χ3n) is 6.23. The number of hydrogen-bond acceptors (Lipinski definition) is 6. The lowest BCUT2D eigenvalue weighted by Gasteiger charge is -2.19. The Morgan fingerprint density at radius 2 is 1.39 bits per heavy atom. The van der Waals surface area contributed by atoms with Crippen molar-refractivity contribution in [1.29, 1.82) is 0 Å². The molecule has 8 heteroatoms. The van der Waals surface area contributed by atoms with Crippen LogP contribution in [0.1, 0.15) is 21.5 Å². The Morgan fingerprint density at radius 1 is 0.833 bits per heavy atom. The number of fused-ring (bicyclic) bond motifs is 2. The van der Waals surface area contributed by atoms with E-state index in [4.69, 9.17) is 13.8 Å². The lowest BCUT2D eigenvalue weighted by molar-refractivity contribution is -0.142.